The first-order valence-electron chi connectivity index (χ1n) is 12.6. The van der Waals surface area contributed by atoms with E-state index in [0.29, 0.717) is 0 Å². The Balaban J connectivity index is 0. The normalized spacial score (nSPS) is 39.9. The van der Waals surface area contributed by atoms with Crippen LogP contribution in [0.4, 0.5) is 0 Å². The summed E-state index contributed by atoms with van der Waals surface area (Å²) in [6.07, 6.45) is 19.0. The van der Waals surface area contributed by atoms with Crippen LogP contribution in [0.3, 0.4) is 0 Å². The molecule has 3 heteroatoms. The summed E-state index contributed by atoms with van der Waals surface area (Å²) in [5.41, 5.74) is 2.51. The van der Waals surface area contributed by atoms with Gasteiger partial charge >= 0.3 is 26.2 Å². The van der Waals surface area contributed by atoms with E-state index in [1.165, 1.54) is 29.8 Å². The van der Waals surface area contributed by atoms with Crippen LogP contribution in [-0.4, -0.2) is 16.6 Å². The van der Waals surface area contributed by atoms with Crippen molar-refractivity contribution in [2.45, 2.75) is 115 Å². The van der Waals surface area contributed by atoms with Gasteiger partial charge in [-0.3, -0.25) is 0 Å². The van der Waals surface area contributed by atoms with Crippen LogP contribution in [0, 0.1) is 65.2 Å². The second-order valence-corrected chi connectivity index (χ2v) is 22.9. The van der Waals surface area contributed by atoms with E-state index in [1.54, 1.807) is 64.2 Å². The van der Waals surface area contributed by atoms with E-state index in [0.717, 1.165) is 29.6 Å². The molecule has 182 valence electrons. The molecular formula is C28H58Si2Zr. The van der Waals surface area contributed by atoms with Crippen molar-refractivity contribution in [3.8, 4) is 0 Å². The summed E-state index contributed by atoms with van der Waals surface area (Å²) in [6, 6.07) is 0. The summed E-state index contributed by atoms with van der Waals surface area (Å²) in [7, 11) is -0.929. The maximum atomic E-state index is 2.87. The van der Waals surface area contributed by atoms with Gasteiger partial charge in [0.1, 0.15) is 0 Å². The molecule has 0 aromatic rings. The Morgan fingerprint density at radius 1 is 0.742 bits per heavy atom. The molecule has 0 spiro atoms. The average Bonchev–Trinajstić information content (AvgIpc) is 3.38. The van der Waals surface area contributed by atoms with Gasteiger partial charge < -0.3 is 29.7 Å². The van der Waals surface area contributed by atoms with Gasteiger partial charge in [0.05, 0.1) is 0 Å². The number of rotatable bonds is 6. The van der Waals surface area contributed by atoms with Crippen LogP contribution in [0.1, 0.15) is 90.9 Å². The zero-order valence-electron chi connectivity index (χ0n) is 22.8. The van der Waals surface area contributed by atoms with E-state index in [1.807, 2.05) is 0 Å². The summed E-state index contributed by atoms with van der Waals surface area (Å²) in [5.74, 6) is 6.83. The predicted octanol–water partition coefficient (Wildman–Crippen LogP) is 8.79. The molecule has 4 aliphatic carbocycles. The van der Waals surface area contributed by atoms with Gasteiger partial charge in [-0.1, -0.05) is 90.3 Å². The van der Waals surface area contributed by atoms with Crippen molar-refractivity contribution in [1.29, 1.82) is 0 Å². The molecule has 0 amide bonds. The smallest absolute Gasteiger partial charge is 0.358 e. The minimum Gasteiger partial charge on any atom is -0.358 e. The van der Waals surface area contributed by atoms with Gasteiger partial charge in [-0.15, -0.1) is 0 Å². The van der Waals surface area contributed by atoms with E-state index in [9.17, 15) is 0 Å². The maximum Gasteiger partial charge on any atom is 4.00 e. The second kappa shape index (κ2) is 15.3. The Bertz CT molecular complexity index is 470. The Morgan fingerprint density at radius 2 is 1.45 bits per heavy atom. The Morgan fingerprint density at radius 3 is 2.13 bits per heavy atom. The molecule has 10 atom stereocenters. The van der Waals surface area contributed by atoms with Crippen LogP contribution in [0.5, 0.6) is 0 Å². The molecule has 4 aliphatic rings. The average molecular weight is 542 g/mol. The minimum absolute atomic E-state index is 0. The molecule has 0 aromatic carbocycles. The standard InChI is InChI=1S/C24H46Si2.4CH3.Zr/c1-5-6-8-18-11-12-20(15-18)25(3)26(4)24-14-13-22-17(2)21-10-7-9-19(21)16-23(22)24;;;;;/h17-26H,5-16H2,1-4H3;4*1H3;/q;4*-1;+4. The van der Waals surface area contributed by atoms with Gasteiger partial charge in [0.15, 0.2) is 0 Å². The van der Waals surface area contributed by atoms with Crippen molar-refractivity contribution in [2.75, 3.05) is 0 Å². The summed E-state index contributed by atoms with van der Waals surface area (Å²) >= 11 is 0. The summed E-state index contributed by atoms with van der Waals surface area (Å²) < 4.78 is 0. The first-order valence-corrected chi connectivity index (χ1v) is 18.9. The quantitative estimate of drug-likeness (QED) is 0.233. The Kier molecular flexibility index (Phi) is 17.1. The topological polar surface area (TPSA) is 0 Å². The van der Waals surface area contributed by atoms with Gasteiger partial charge in [-0.05, 0) is 60.3 Å². The van der Waals surface area contributed by atoms with Crippen LogP contribution in [0.15, 0.2) is 0 Å². The van der Waals surface area contributed by atoms with Crippen molar-refractivity contribution >= 4 is 16.6 Å². The van der Waals surface area contributed by atoms with Crippen molar-refractivity contribution in [3.05, 3.63) is 29.7 Å². The maximum absolute atomic E-state index is 2.87. The van der Waals surface area contributed by atoms with E-state index >= 15 is 0 Å². The van der Waals surface area contributed by atoms with Gasteiger partial charge in [0.2, 0.25) is 0 Å². The van der Waals surface area contributed by atoms with Gasteiger partial charge in [-0.2, -0.15) is 0 Å². The third-order valence-electron chi connectivity index (χ3n) is 10.4. The minimum atomic E-state index is -0.477. The summed E-state index contributed by atoms with van der Waals surface area (Å²) in [4.78, 5) is 0. The molecule has 0 N–H and O–H groups in total. The number of hydrogen-bond donors (Lipinski definition) is 0. The largest absolute Gasteiger partial charge is 4.00 e. The zero-order chi connectivity index (χ0) is 18.3. The third kappa shape index (κ3) is 7.16. The second-order valence-electron chi connectivity index (χ2n) is 11.3. The number of fused-ring (bicyclic) bond motifs is 2. The van der Waals surface area contributed by atoms with Gasteiger partial charge in [-0.25, -0.2) is 0 Å². The van der Waals surface area contributed by atoms with Crippen LogP contribution in [-0.2, 0) is 26.2 Å². The number of hydrogen-bond acceptors (Lipinski definition) is 0. The molecular weight excluding hydrogens is 484 g/mol. The molecule has 31 heavy (non-hydrogen) atoms. The van der Waals surface area contributed by atoms with Gasteiger partial charge in [0, 0.05) is 16.6 Å². The molecule has 0 aromatic heterocycles. The Labute approximate surface area is 222 Å². The van der Waals surface area contributed by atoms with Gasteiger partial charge in [0.25, 0.3) is 0 Å². The fourth-order valence-electron chi connectivity index (χ4n) is 8.67. The molecule has 0 heterocycles. The molecule has 4 rings (SSSR count). The third-order valence-corrected chi connectivity index (χ3v) is 24.4. The molecule has 4 fully saturated rings. The van der Waals surface area contributed by atoms with E-state index in [4.69, 9.17) is 0 Å². The monoisotopic (exact) mass is 540 g/mol. The SMILES string of the molecule is CCCCC1CCC([SiH](C)[SiH](C)C2CCC3C(C)C4CCCC4CC32)C1.[CH3-].[CH3-].[CH3-].[CH3-].[Zr+4]. The molecule has 4 saturated carbocycles. The molecule has 0 nitrogen and oxygen atoms in total. The van der Waals surface area contributed by atoms with Crippen molar-refractivity contribution in [3.63, 3.8) is 0 Å². The van der Waals surface area contributed by atoms with Crippen LogP contribution >= 0.6 is 0 Å². The fraction of sp³-hybridized carbons (Fsp3) is 0.857. The molecule has 0 bridgehead atoms. The summed E-state index contributed by atoms with van der Waals surface area (Å²) in [6.45, 7) is 10.8. The van der Waals surface area contributed by atoms with Crippen LogP contribution in [0.2, 0.25) is 24.2 Å². The zero-order valence-corrected chi connectivity index (χ0v) is 27.5. The van der Waals surface area contributed by atoms with Crippen molar-refractivity contribution in [2.24, 2.45) is 35.5 Å². The molecule has 10 unspecified atom stereocenters. The van der Waals surface area contributed by atoms with E-state index in [-0.39, 0.29) is 55.9 Å². The van der Waals surface area contributed by atoms with Crippen LogP contribution < -0.4 is 0 Å². The predicted molar refractivity (Wildman–Crippen MR) is 147 cm³/mol. The van der Waals surface area contributed by atoms with E-state index in [2.05, 4.69) is 26.9 Å². The summed E-state index contributed by atoms with van der Waals surface area (Å²) in [5, 5.41) is 0. The molecule has 0 radical (unpaired) electrons. The van der Waals surface area contributed by atoms with Crippen molar-refractivity contribution in [1.82, 2.24) is 0 Å². The first-order chi connectivity index (χ1) is 12.6. The van der Waals surface area contributed by atoms with Crippen molar-refractivity contribution < 1.29 is 26.2 Å². The molecule has 0 saturated heterocycles. The fourth-order valence-corrected chi connectivity index (χ4v) is 21.2. The van der Waals surface area contributed by atoms with E-state index < -0.39 is 16.6 Å². The first kappa shape index (κ1) is 34.5. The molecule has 0 aliphatic heterocycles. The van der Waals surface area contributed by atoms with Crippen LogP contribution in [0.25, 0.3) is 0 Å². The Hall–Kier alpha value is 1.32. The number of unbranched alkanes of at least 4 members (excludes halogenated alkanes) is 1.